The molecule has 0 bridgehead atoms. The molecule has 0 unspecified atom stereocenters. The molecule has 2 aliphatic rings. The lowest BCUT2D eigenvalue weighted by Crippen LogP contribution is -2.60. The van der Waals surface area contributed by atoms with E-state index in [1.807, 2.05) is 0 Å². The Balaban J connectivity index is 1.53. The van der Waals surface area contributed by atoms with Crippen LogP contribution < -0.4 is 15.7 Å². The van der Waals surface area contributed by atoms with E-state index in [1.54, 1.807) is 0 Å². The largest absolute Gasteiger partial charge is 0.376 e. The Morgan fingerprint density at radius 1 is 0.395 bits per heavy atom. The van der Waals surface area contributed by atoms with E-state index in [9.17, 15) is 0 Å². The van der Waals surface area contributed by atoms with Crippen molar-refractivity contribution in [1.82, 2.24) is 0 Å². The van der Waals surface area contributed by atoms with Crippen molar-refractivity contribution < 1.29 is 0 Å². The molecule has 0 atom stereocenters. The van der Waals surface area contributed by atoms with Gasteiger partial charge in [-0.2, -0.15) is 0 Å². The van der Waals surface area contributed by atoms with E-state index in [0.29, 0.717) is 0 Å². The predicted octanol–water partition coefficient (Wildman–Crippen LogP) is 8.54. The van der Waals surface area contributed by atoms with E-state index < -0.39 is 5.41 Å². The van der Waals surface area contributed by atoms with Gasteiger partial charge in [-0.25, -0.2) is 0 Å². The summed E-state index contributed by atoms with van der Waals surface area (Å²) in [6.45, 7) is 9.10. The van der Waals surface area contributed by atoms with Gasteiger partial charge in [0.2, 0.25) is 0 Å². The van der Waals surface area contributed by atoms with Gasteiger partial charge in [0, 0.05) is 11.4 Å². The summed E-state index contributed by atoms with van der Waals surface area (Å²) < 4.78 is 0. The fraction of sp³-hybridized carbons (Fsp3) is 0.122. The lowest BCUT2D eigenvalue weighted by molar-refractivity contribution is 0.756. The molecular formula is C41H34BN. The maximum Gasteiger partial charge on any atom is 0.329 e. The highest BCUT2D eigenvalue weighted by Crippen LogP contribution is 2.62. The van der Waals surface area contributed by atoms with Crippen LogP contribution in [0.2, 0.25) is 0 Å². The molecule has 0 amide bonds. The van der Waals surface area contributed by atoms with Crippen molar-refractivity contribution >= 4 is 29.1 Å². The molecule has 1 aliphatic heterocycles. The molecule has 6 aromatic carbocycles. The van der Waals surface area contributed by atoms with Gasteiger partial charge in [0.05, 0.1) is 5.41 Å². The molecule has 0 fully saturated rings. The topological polar surface area (TPSA) is 3.24 Å². The molecule has 6 aromatic rings. The standard InChI is InChI=1S/C41H34BN/c1-27-15-13-16-28(2)39(27)42(40-29(3)17-14-18-30(40)4)43-37-25-11-9-23-35(37)41(36-24-10-12-26-38(36)43)33-21-7-5-19-31(33)32-20-6-8-22-34(32)41/h5-26H,1-4H3. The fourth-order valence-electron chi connectivity index (χ4n) is 8.29. The van der Waals surface area contributed by atoms with E-state index in [0.717, 1.165) is 0 Å². The van der Waals surface area contributed by atoms with Crippen LogP contribution >= 0.6 is 0 Å². The van der Waals surface area contributed by atoms with Gasteiger partial charge in [0.25, 0.3) is 0 Å². The zero-order valence-corrected chi connectivity index (χ0v) is 25.2. The Morgan fingerprint density at radius 2 is 0.744 bits per heavy atom. The van der Waals surface area contributed by atoms with Gasteiger partial charge in [0.1, 0.15) is 0 Å². The number of hydrogen-bond donors (Lipinski definition) is 0. The summed E-state index contributed by atoms with van der Waals surface area (Å²) in [6, 6.07) is 49.9. The Morgan fingerprint density at radius 3 is 1.16 bits per heavy atom. The Bertz CT molecular complexity index is 1870. The third kappa shape index (κ3) is 3.47. The number of anilines is 2. The molecule has 0 aromatic heterocycles. The van der Waals surface area contributed by atoms with Crippen LogP contribution in [0, 0.1) is 27.7 Å². The first-order valence-corrected chi connectivity index (χ1v) is 15.3. The number of nitrogens with zero attached hydrogens (tertiary/aromatic N) is 1. The average Bonchev–Trinajstić information content (AvgIpc) is 3.32. The highest BCUT2D eigenvalue weighted by Gasteiger charge is 2.52. The first kappa shape index (κ1) is 25.9. The Hall–Kier alpha value is -4.82. The second kappa shape index (κ2) is 9.61. The lowest BCUT2D eigenvalue weighted by atomic mass is 9.44. The molecular weight excluding hydrogens is 517 g/mol. The summed E-state index contributed by atoms with van der Waals surface area (Å²) in [5.41, 5.74) is 18.3. The summed E-state index contributed by atoms with van der Waals surface area (Å²) in [7, 11) is 0. The number of rotatable bonds is 3. The molecule has 2 heteroatoms. The van der Waals surface area contributed by atoms with Crippen molar-refractivity contribution in [1.29, 1.82) is 0 Å². The van der Waals surface area contributed by atoms with Gasteiger partial charge in [0.15, 0.2) is 0 Å². The van der Waals surface area contributed by atoms with Crippen molar-refractivity contribution in [3.05, 3.63) is 178 Å². The Kier molecular flexibility index (Phi) is 5.78. The number of hydrogen-bond acceptors (Lipinski definition) is 1. The molecule has 1 heterocycles. The van der Waals surface area contributed by atoms with Crippen molar-refractivity contribution in [3.63, 3.8) is 0 Å². The second-order valence-electron chi connectivity index (χ2n) is 12.3. The fourth-order valence-corrected chi connectivity index (χ4v) is 8.29. The molecule has 1 spiro atoms. The van der Waals surface area contributed by atoms with Crippen LogP contribution in [0.15, 0.2) is 133 Å². The van der Waals surface area contributed by atoms with Gasteiger partial charge < -0.3 is 4.81 Å². The summed E-state index contributed by atoms with van der Waals surface area (Å²) in [6.07, 6.45) is 0. The van der Waals surface area contributed by atoms with Gasteiger partial charge in [-0.1, -0.05) is 144 Å². The average molecular weight is 552 g/mol. The van der Waals surface area contributed by atoms with Crippen LogP contribution in [-0.2, 0) is 5.41 Å². The zero-order chi connectivity index (χ0) is 29.3. The Labute approximate surface area is 255 Å². The van der Waals surface area contributed by atoms with Gasteiger partial charge in [-0.05, 0) is 84.1 Å². The minimum atomic E-state index is -0.400. The van der Waals surface area contributed by atoms with Crippen molar-refractivity contribution in [3.8, 4) is 11.1 Å². The quantitative estimate of drug-likeness (QED) is 0.199. The van der Waals surface area contributed by atoms with Crippen LogP contribution in [0.25, 0.3) is 11.1 Å². The first-order chi connectivity index (χ1) is 21.0. The molecule has 0 N–H and O–H groups in total. The van der Waals surface area contributed by atoms with Crippen molar-refractivity contribution in [2.75, 3.05) is 4.81 Å². The molecule has 1 nitrogen and oxygen atoms in total. The smallest absolute Gasteiger partial charge is 0.329 e. The summed E-state index contributed by atoms with van der Waals surface area (Å²) in [5.74, 6) is 0. The van der Waals surface area contributed by atoms with E-state index in [-0.39, 0.29) is 6.85 Å². The number of fused-ring (bicyclic) bond motifs is 9. The normalized spacial score (nSPS) is 13.7. The summed E-state index contributed by atoms with van der Waals surface area (Å²) >= 11 is 0. The third-order valence-electron chi connectivity index (χ3n) is 9.98. The molecule has 1 aliphatic carbocycles. The highest BCUT2D eigenvalue weighted by molar-refractivity contribution is 6.90. The lowest BCUT2D eigenvalue weighted by Gasteiger charge is -2.48. The van der Waals surface area contributed by atoms with Crippen LogP contribution in [0.3, 0.4) is 0 Å². The number of aryl methyl sites for hydroxylation is 4. The van der Waals surface area contributed by atoms with Crippen LogP contribution in [0.1, 0.15) is 44.5 Å². The van der Waals surface area contributed by atoms with Crippen molar-refractivity contribution in [2.24, 2.45) is 0 Å². The monoisotopic (exact) mass is 551 g/mol. The molecule has 8 rings (SSSR count). The van der Waals surface area contributed by atoms with E-state index in [4.69, 9.17) is 0 Å². The van der Waals surface area contributed by atoms with Gasteiger partial charge in [-0.15, -0.1) is 0 Å². The highest BCUT2D eigenvalue weighted by atomic mass is 15.1. The number of para-hydroxylation sites is 2. The second-order valence-corrected chi connectivity index (χ2v) is 12.3. The summed E-state index contributed by atoms with van der Waals surface area (Å²) in [4.78, 5) is 2.66. The van der Waals surface area contributed by atoms with Crippen LogP contribution in [0.5, 0.6) is 0 Å². The van der Waals surface area contributed by atoms with Gasteiger partial charge in [-0.3, -0.25) is 0 Å². The molecule has 0 radical (unpaired) electrons. The first-order valence-electron chi connectivity index (χ1n) is 15.3. The zero-order valence-electron chi connectivity index (χ0n) is 25.2. The minimum absolute atomic E-state index is 0.00828. The maximum atomic E-state index is 2.66. The molecule has 43 heavy (non-hydrogen) atoms. The predicted molar refractivity (Wildman–Crippen MR) is 183 cm³/mol. The van der Waals surface area contributed by atoms with Crippen molar-refractivity contribution in [2.45, 2.75) is 33.1 Å². The van der Waals surface area contributed by atoms with Gasteiger partial charge >= 0.3 is 6.85 Å². The van der Waals surface area contributed by atoms with E-state index in [1.165, 1.54) is 77.9 Å². The molecule has 0 saturated carbocycles. The maximum absolute atomic E-state index is 2.66. The third-order valence-corrected chi connectivity index (χ3v) is 9.98. The summed E-state index contributed by atoms with van der Waals surface area (Å²) in [5, 5.41) is 0. The number of benzene rings is 6. The van der Waals surface area contributed by atoms with E-state index in [2.05, 4.69) is 166 Å². The minimum Gasteiger partial charge on any atom is -0.376 e. The molecule has 0 saturated heterocycles. The molecule has 206 valence electrons. The van der Waals surface area contributed by atoms with Crippen LogP contribution in [0.4, 0.5) is 11.4 Å². The SMILES string of the molecule is Cc1cccc(C)c1B(c1c(C)cccc1C)N1c2ccccc2C2(c3ccccc3-c3ccccc32)c2ccccc21. The van der Waals surface area contributed by atoms with E-state index >= 15 is 0 Å². The van der Waals surface area contributed by atoms with Crippen LogP contribution in [-0.4, -0.2) is 6.85 Å².